The van der Waals surface area contributed by atoms with Crippen LogP contribution >= 0.6 is 0 Å². The van der Waals surface area contributed by atoms with Crippen molar-refractivity contribution in [3.8, 4) is 0 Å². The van der Waals surface area contributed by atoms with E-state index < -0.39 is 6.29 Å². The zero-order chi connectivity index (χ0) is 9.68. The van der Waals surface area contributed by atoms with Crippen LogP contribution in [0.1, 0.15) is 25.7 Å². The second-order valence-corrected chi connectivity index (χ2v) is 3.41. The van der Waals surface area contributed by atoms with Gasteiger partial charge in [0.05, 0.1) is 18.8 Å². The van der Waals surface area contributed by atoms with Gasteiger partial charge in [0.1, 0.15) is 0 Å². The number of ether oxygens (including phenoxy) is 2. The van der Waals surface area contributed by atoms with E-state index in [4.69, 9.17) is 14.6 Å². The third-order valence-corrected chi connectivity index (χ3v) is 2.40. The van der Waals surface area contributed by atoms with Crippen molar-refractivity contribution in [1.29, 1.82) is 0 Å². The molecule has 0 aromatic rings. The smallest absolute Gasteiger partial charge is 0.180 e. The Balaban J connectivity index is 2.21. The first-order valence-corrected chi connectivity index (χ1v) is 4.73. The first kappa shape index (κ1) is 10.9. The summed E-state index contributed by atoms with van der Waals surface area (Å²) in [6, 6.07) is 0. The summed E-state index contributed by atoms with van der Waals surface area (Å²) >= 11 is 0. The van der Waals surface area contributed by atoms with Crippen molar-refractivity contribution in [2.24, 2.45) is 0 Å². The van der Waals surface area contributed by atoms with Gasteiger partial charge in [-0.15, -0.1) is 0 Å². The molecule has 13 heavy (non-hydrogen) atoms. The molecule has 78 valence electrons. The van der Waals surface area contributed by atoms with Gasteiger partial charge in [0.15, 0.2) is 6.29 Å². The summed E-state index contributed by atoms with van der Waals surface area (Å²) in [4.78, 5) is 0. The Kier molecular flexibility index (Phi) is 4.66. The van der Waals surface area contributed by atoms with Crippen LogP contribution in [0.5, 0.6) is 0 Å². The summed E-state index contributed by atoms with van der Waals surface area (Å²) in [5, 5.41) is 18.0. The van der Waals surface area contributed by atoms with Crippen LogP contribution in [-0.2, 0) is 9.47 Å². The monoisotopic (exact) mass is 190 g/mol. The van der Waals surface area contributed by atoms with Crippen molar-refractivity contribution in [2.45, 2.75) is 44.2 Å². The summed E-state index contributed by atoms with van der Waals surface area (Å²) in [5.41, 5.74) is 0. The predicted octanol–water partition coefficient (Wildman–Crippen LogP) is 0.271. The number of aliphatic hydroxyl groups excluding tert-OH is 2. The molecule has 1 aliphatic carbocycles. The zero-order valence-corrected chi connectivity index (χ0v) is 7.98. The zero-order valence-electron chi connectivity index (χ0n) is 7.98. The lowest BCUT2D eigenvalue weighted by atomic mass is 9.95. The quantitative estimate of drug-likeness (QED) is 0.625. The Bertz CT molecular complexity index is 128. The molecule has 1 saturated carbocycles. The Morgan fingerprint density at radius 2 is 1.92 bits per heavy atom. The third-order valence-electron chi connectivity index (χ3n) is 2.40. The lowest BCUT2D eigenvalue weighted by Gasteiger charge is -2.28. The lowest BCUT2D eigenvalue weighted by molar-refractivity contribution is -0.182. The van der Waals surface area contributed by atoms with Crippen molar-refractivity contribution in [2.75, 3.05) is 13.7 Å². The number of hydrogen-bond donors (Lipinski definition) is 2. The largest absolute Gasteiger partial charge is 0.393 e. The minimum Gasteiger partial charge on any atom is -0.393 e. The molecule has 0 aromatic carbocycles. The van der Waals surface area contributed by atoms with Crippen LogP contribution in [0.4, 0.5) is 0 Å². The molecule has 2 N–H and O–H groups in total. The maximum atomic E-state index is 9.24. The van der Waals surface area contributed by atoms with Crippen LogP contribution in [0, 0.1) is 0 Å². The number of rotatable bonds is 4. The lowest BCUT2D eigenvalue weighted by Crippen LogP contribution is -2.31. The fourth-order valence-corrected chi connectivity index (χ4v) is 1.57. The Labute approximate surface area is 78.5 Å². The molecule has 0 aliphatic heterocycles. The van der Waals surface area contributed by atoms with Crippen LogP contribution in [0.3, 0.4) is 0 Å². The van der Waals surface area contributed by atoms with Crippen LogP contribution in [-0.4, -0.2) is 42.4 Å². The van der Waals surface area contributed by atoms with Gasteiger partial charge in [-0.05, 0) is 25.7 Å². The van der Waals surface area contributed by atoms with E-state index >= 15 is 0 Å². The molecule has 0 radical (unpaired) electrons. The number of hydrogen-bond acceptors (Lipinski definition) is 4. The highest BCUT2D eigenvalue weighted by atomic mass is 16.7. The molecule has 0 aromatic heterocycles. The van der Waals surface area contributed by atoms with Gasteiger partial charge in [-0.1, -0.05) is 0 Å². The molecule has 0 saturated heterocycles. The van der Waals surface area contributed by atoms with E-state index in [2.05, 4.69) is 0 Å². The van der Waals surface area contributed by atoms with E-state index in [1.165, 1.54) is 7.11 Å². The topological polar surface area (TPSA) is 58.9 Å². The molecule has 1 atom stereocenters. The third kappa shape index (κ3) is 3.60. The molecule has 1 unspecified atom stereocenters. The van der Waals surface area contributed by atoms with Crippen LogP contribution < -0.4 is 0 Å². The fourth-order valence-electron chi connectivity index (χ4n) is 1.57. The van der Waals surface area contributed by atoms with Gasteiger partial charge in [-0.2, -0.15) is 0 Å². The van der Waals surface area contributed by atoms with Gasteiger partial charge >= 0.3 is 0 Å². The minimum atomic E-state index is -0.514. The second-order valence-electron chi connectivity index (χ2n) is 3.41. The summed E-state index contributed by atoms with van der Waals surface area (Å²) in [6.07, 6.45) is 2.71. The molecule has 0 bridgehead atoms. The maximum absolute atomic E-state index is 9.24. The molecule has 1 rings (SSSR count). The minimum absolute atomic E-state index is 0.116. The molecular formula is C9H18O4. The summed E-state index contributed by atoms with van der Waals surface area (Å²) in [6.45, 7) is -0.116. The first-order chi connectivity index (χ1) is 6.26. The van der Waals surface area contributed by atoms with Gasteiger partial charge < -0.3 is 19.7 Å². The Hall–Kier alpha value is -0.160. The van der Waals surface area contributed by atoms with Crippen molar-refractivity contribution >= 4 is 0 Å². The molecule has 0 spiro atoms. The SMILES string of the molecule is COC(CO)OC1CCC(O)CC1. The van der Waals surface area contributed by atoms with Gasteiger partial charge in [0, 0.05) is 7.11 Å². The fraction of sp³-hybridized carbons (Fsp3) is 1.00. The highest BCUT2D eigenvalue weighted by Crippen LogP contribution is 2.22. The van der Waals surface area contributed by atoms with Gasteiger partial charge in [0.25, 0.3) is 0 Å². The average Bonchev–Trinajstić information content (AvgIpc) is 2.17. The summed E-state index contributed by atoms with van der Waals surface area (Å²) in [7, 11) is 1.51. The standard InChI is InChI=1S/C9H18O4/c1-12-9(6-10)13-8-4-2-7(11)3-5-8/h7-11H,2-6H2,1H3. The van der Waals surface area contributed by atoms with E-state index in [0.717, 1.165) is 25.7 Å². The number of methoxy groups -OCH3 is 1. The normalized spacial score (nSPS) is 31.6. The van der Waals surface area contributed by atoms with Crippen molar-refractivity contribution in [3.63, 3.8) is 0 Å². The predicted molar refractivity (Wildman–Crippen MR) is 47.2 cm³/mol. The van der Waals surface area contributed by atoms with Gasteiger partial charge in [-0.25, -0.2) is 0 Å². The van der Waals surface area contributed by atoms with Crippen LogP contribution in [0.2, 0.25) is 0 Å². The molecule has 1 fully saturated rings. The van der Waals surface area contributed by atoms with Crippen LogP contribution in [0.15, 0.2) is 0 Å². The van der Waals surface area contributed by atoms with Gasteiger partial charge in [-0.3, -0.25) is 0 Å². The molecule has 4 nitrogen and oxygen atoms in total. The molecule has 4 heteroatoms. The van der Waals surface area contributed by atoms with Gasteiger partial charge in [0.2, 0.25) is 0 Å². The summed E-state index contributed by atoms with van der Waals surface area (Å²) in [5.74, 6) is 0. The van der Waals surface area contributed by atoms with E-state index in [1.54, 1.807) is 0 Å². The van der Waals surface area contributed by atoms with E-state index in [0.29, 0.717) is 0 Å². The molecule has 0 amide bonds. The van der Waals surface area contributed by atoms with Crippen molar-refractivity contribution in [1.82, 2.24) is 0 Å². The number of aliphatic hydroxyl groups is 2. The average molecular weight is 190 g/mol. The Morgan fingerprint density at radius 1 is 1.31 bits per heavy atom. The highest BCUT2D eigenvalue weighted by Gasteiger charge is 2.22. The van der Waals surface area contributed by atoms with Crippen molar-refractivity contribution in [3.05, 3.63) is 0 Å². The molecule has 1 aliphatic rings. The first-order valence-electron chi connectivity index (χ1n) is 4.73. The molecular weight excluding hydrogens is 172 g/mol. The van der Waals surface area contributed by atoms with Crippen molar-refractivity contribution < 1.29 is 19.7 Å². The highest BCUT2D eigenvalue weighted by molar-refractivity contribution is 4.71. The summed E-state index contributed by atoms with van der Waals surface area (Å²) < 4.78 is 10.3. The molecule has 0 heterocycles. The van der Waals surface area contributed by atoms with E-state index in [1.807, 2.05) is 0 Å². The van der Waals surface area contributed by atoms with E-state index in [9.17, 15) is 5.11 Å². The maximum Gasteiger partial charge on any atom is 0.180 e. The van der Waals surface area contributed by atoms with Crippen LogP contribution in [0.25, 0.3) is 0 Å². The van der Waals surface area contributed by atoms with E-state index in [-0.39, 0.29) is 18.8 Å². The second kappa shape index (κ2) is 5.54. The Morgan fingerprint density at radius 3 is 2.38 bits per heavy atom.